The molecular weight excluding hydrogens is 414 g/mol. The Balaban J connectivity index is 1.47. The number of aryl methyl sites for hydroxylation is 2. The summed E-state index contributed by atoms with van der Waals surface area (Å²) in [4.78, 5) is 45.8. The molecule has 0 N–H and O–H groups in total. The van der Waals surface area contributed by atoms with Crippen molar-refractivity contribution in [3.8, 4) is 0 Å². The van der Waals surface area contributed by atoms with E-state index in [-0.39, 0.29) is 35.9 Å². The summed E-state index contributed by atoms with van der Waals surface area (Å²) < 4.78 is 11.0. The normalized spacial score (nSPS) is 14.1. The van der Waals surface area contributed by atoms with Gasteiger partial charge in [-0.1, -0.05) is 17.3 Å². The highest BCUT2D eigenvalue weighted by atomic mass is 16.5. The van der Waals surface area contributed by atoms with Crippen LogP contribution >= 0.6 is 0 Å². The van der Waals surface area contributed by atoms with Crippen LogP contribution in [0, 0.1) is 13.8 Å². The van der Waals surface area contributed by atoms with Crippen molar-refractivity contribution in [2.45, 2.75) is 27.3 Å². The predicted octanol–water partition coefficient (Wildman–Crippen LogP) is 1.53. The number of ether oxygens (including phenoxy) is 1. The average molecular weight is 439 g/mol. The highest BCUT2D eigenvalue weighted by Gasteiger charge is 2.25. The molecule has 168 valence electrons. The number of carbonyl (C=O) groups excluding carboxylic acids is 2. The van der Waals surface area contributed by atoms with Crippen LogP contribution in [0.5, 0.6) is 0 Å². The van der Waals surface area contributed by atoms with Gasteiger partial charge in [-0.3, -0.25) is 14.2 Å². The minimum atomic E-state index is -0.767. The minimum Gasteiger partial charge on any atom is -0.461 e. The van der Waals surface area contributed by atoms with Gasteiger partial charge in [0.2, 0.25) is 11.6 Å². The van der Waals surface area contributed by atoms with E-state index < -0.39 is 11.5 Å². The van der Waals surface area contributed by atoms with Crippen LogP contribution in [0.25, 0.3) is 11.1 Å². The number of nitrogens with zero attached hydrogens (tertiary/aromatic N) is 5. The summed E-state index contributed by atoms with van der Waals surface area (Å²) in [6, 6.07) is 6.35. The van der Waals surface area contributed by atoms with E-state index in [2.05, 4.69) is 47.1 Å². The van der Waals surface area contributed by atoms with Crippen molar-refractivity contribution < 1.29 is 18.8 Å². The molecule has 0 radical (unpaired) electrons. The molecule has 1 aliphatic rings. The summed E-state index contributed by atoms with van der Waals surface area (Å²) >= 11 is 0. The second-order valence-electron chi connectivity index (χ2n) is 7.77. The Morgan fingerprint density at radius 1 is 1.16 bits per heavy atom. The van der Waals surface area contributed by atoms with Crippen LogP contribution in [0.4, 0.5) is 5.69 Å². The molecule has 10 nitrogen and oxygen atoms in total. The number of aromatic nitrogens is 3. The Bertz CT molecular complexity index is 1220. The van der Waals surface area contributed by atoms with Gasteiger partial charge in [-0.05, 0) is 38.0 Å². The molecule has 1 fully saturated rings. The van der Waals surface area contributed by atoms with Crippen LogP contribution in [-0.4, -0.2) is 64.3 Å². The van der Waals surface area contributed by atoms with Gasteiger partial charge in [0.05, 0.1) is 6.61 Å². The number of fused-ring (bicyclic) bond motifs is 1. The second kappa shape index (κ2) is 8.81. The summed E-state index contributed by atoms with van der Waals surface area (Å²) in [5.41, 5.74) is 2.71. The first-order valence-corrected chi connectivity index (χ1v) is 10.5. The van der Waals surface area contributed by atoms with Crippen LogP contribution < -0.4 is 10.5 Å². The molecule has 1 aromatic carbocycles. The SMILES string of the molecule is CCOC(=O)c1noc2ncn(CC(=O)N3CCN(c4cc(C)ccc4C)CC3)c(=O)c12. The third-order valence-corrected chi connectivity index (χ3v) is 5.58. The number of rotatable bonds is 5. The van der Waals surface area contributed by atoms with Crippen molar-refractivity contribution in [1.29, 1.82) is 0 Å². The molecule has 1 amide bonds. The Hall–Kier alpha value is -3.69. The Morgan fingerprint density at radius 3 is 2.62 bits per heavy atom. The number of esters is 1. The molecule has 4 rings (SSSR count). The standard InChI is InChI=1S/C22H25N5O5/c1-4-31-22(30)19-18-20(32-24-19)23-13-27(21(18)29)12-17(28)26-9-7-25(8-10-26)16-11-14(2)5-6-15(16)3/h5-6,11,13H,4,7-10,12H2,1-3H3. The number of anilines is 1. The average Bonchev–Trinajstić information content (AvgIpc) is 3.23. The van der Waals surface area contributed by atoms with E-state index in [0.717, 1.165) is 0 Å². The Kier molecular flexibility index (Phi) is 5.93. The molecule has 2 aromatic heterocycles. The van der Waals surface area contributed by atoms with E-state index in [9.17, 15) is 14.4 Å². The van der Waals surface area contributed by atoms with Gasteiger partial charge in [0.1, 0.15) is 18.3 Å². The number of carbonyl (C=O) groups is 2. The monoisotopic (exact) mass is 439 g/mol. The van der Waals surface area contributed by atoms with Crippen LogP contribution in [0.1, 0.15) is 28.5 Å². The molecule has 3 aromatic rings. The lowest BCUT2D eigenvalue weighted by molar-refractivity contribution is -0.132. The maximum atomic E-state index is 12.9. The van der Waals surface area contributed by atoms with E-state index in [0.29, 0.717) is 26.2 Å². The smallest absolute Gasteiger partial charge is 0.361 e. The summed E-state index contributed by atoms with van der Waals surface area (Å²) in [5, 5.41) is 3.52. The van der Waals surface area contributed by atoms with E-state index in [1.807, 2.05) is 0 Å². The first-order valence-electron chi connectivity index (χ1n) is 10.5. The zero-order chi connectivity index (χ0) is 22.8. The lowest BCUT2D eigenvalue weighted by atomic mass is 10.1. The molecule has 0 bridgehead atoms. The molecule has 0 atom stereocenters. The van der Waals surface area contributed by atoms with Gasteiger partial charge < -0.3 is 19.1 Å². The van der Waals surface area contributed by atoms with Crippen molar-refractivity contribution in [2.75, 3.05) is 37.7 Å². The predicted molar refractivity (Wildman–Crippen MR) is 117 cm³/mol. The molecule has 3 heterocycles. The highest BCUT2D eigenvalue weighted by molar-refractivity contribution is 5.99. The number of piperazine rings is 1. The topological polar surface area (TPSA) is 111 Å². The first-order chi connectivity index (χ1) is 15.4. The fourth-order valence-corrected chi connectivity index (χ4v) is 3.83. The van der Waals surface area contributed by atoms with Gasteiger partial charge in [-0.15, -0.1) is 0 Å². The minimum absolute atomic E-state index is 0.0658. The zero-order valence-electron chi connectivity index (χ0n) is 18.3. The molecule has 0 saturated carbocycles. The Morgan fingerprint density at radius 2 is 1.91 bits per heavy atom. The van der Waals surface area contributed by atoms with Gasteiger partial charge >= 0.3 is 5.97 Å². The van der Waals surface area contributed by atoms with Crippen molar-refractivity contribution in [3.63, 3.8) is 0 Å². The summed E-state index contributed by atoms with van der Waals surface area (Å²) in [7, 11) is 0. The molecule has 0 aliphatic carbocycles. The van der Waals surface area contributed by atoms with Crippen molar-refractivity contribution >= 4 is 28.7 Å². The molecule has 32 heavy (non-hydrogen) atoms. The van der Waals surface area contributed by atoms with Gasteiger partial charge in [-0.25, -0.2) is 9.78 Å². The lowest BCUT2D eigenvalue weighted by Crippen LogP contribution is -2.50. The number of amides is 1. The maximum absolute atomic E-state index is 12.9. The molecular formula is C22H25N5O5. The van der Waals surface area contributed by atoms with Crippen molar-refractivity contribution in [3.05, 3.63) is 51.7 Å². The molecule has 10 heteroatoms. The fraction of sp³-hybridized carbons (Fsp3) is 0.409. The highest BCUT2D eigenvalue weighted by Crippen LogP contribution is 2.23. The summed E-state index contributed by atoms with van der Waals surface area (Å²) in [5.74, 6) is -0.959. The van der Waals surface area contributed by atoms with Gasteiger partial charge in [0, 0.05) is 31.9 Å². The van der Waals surface area contributed by atoms with Crippen LogP contribution in [0.3, 0.4) is 0 Å². The quantitative estimate of drug-likeness (QED) is 0.551. The van der Waals surface area contributed by atoms with Crippen LogP contribution in [0.15, 0.2) is 33.8 Å². The largest absolute Gasteiger partial charge is 0.461 e. The second-order valence-corrected chi connectivity index (χ2v) is 7.77. The van der Waals surface area contributed by atoms with Gasteiger partial charge in [-0.2, -0.15) is 0 Å². The number of benzene rings is 1. The zero-order valence-corrected chi connectivity index (χ0v) is 18.3. The first kappa shape index (κ1) is 21.5. The van der Waals surface area contributed by atoms with Crippen LogP contribution in [-0.2, 0) is 16.1 Å². The third-order valence-electron chi connectivity index (χ3n) is 5.58. The molecule has 1 saturated heterocycles. The fourth-order valence-electron chi connectivity index (χ4n) is 3.83. The van der Waals surface area contributed by atoms with Crippen molar-refractivity contribution in [1.82, 2.24) is 19.6 Å². The number of hydrogen-bond donors (Lipinski definition) is 0. The van der Waals surface area contributed by atoms with Gasteiger partial charge in [0.25, 0.3) is 11.3 Å². The van der Waals surface area contributed by atoms with E-state index in [4.69, 9.17) is 9.26 Å². The Labute approximate surface area is 184 Å². The lowest BCUT2D eigenvalue weighted by Gasteiger charge is -2.37. The van der Waals surface area contributed by atoms with Crippen LogP contribution in [0.2, 0.25) is 0 Å². The van der Waals surface area contributed by atoms with E-state index >= 15 is 0 Å². The maximum Gasteiger partial charge on any atom is 0.361 e. The van der Waals surface area contributed by atoms with Crippen molar-refractivity contribution in [2.24, 2.45) is 0 Å². The summed E-state index contributed by atoms with van der Waals surface area (Å²) in [6.07, 6.45) is 1.23. The molecule has 0 spiro atoms. The summed E-state index contributed by atoms with van der Waals surface area (Å²) in [6.45, 7) is 8.27. The number of hydrogen-bond acceptors (Lipinski definition) is 8. The molecule has 0 unspecified atom stereocenters. The van der Waals surface area contributed by atoms with E-state index in [1.54, 1.807) is 11.8 Å². The third kappa shape index (κ3) is 4.08. The van der Waals surface area contributed by atoms with E-state index in [1.165, 1.54) is 27.7 Å². The molecule has 1 aliphatic heterocycles. The van der Waals surface area contributed by atoms with Gasteiger partial charge in [0.15, 0.2) is 0 Å².